The van der Waals surface area contributed by atoms with E-state index in [1.165, 1.54) is 11.3 Å². The molecular weight excluding hydrogens is 346 g/mol. The lowest BCUT2D eigenvalue weighted by atomic mass is 9.96. The number of rotatable bonds is 5. The molecule has 3 heterocycles. The number of carbonyl (C=O) groups excluding carboxylic acids is 1. The van der Waals surface area contributed by atoms with E-state index >= 15 is 0 Å². The maximum atomic E-state index is 13.1. The summed E-state index contributed by atoms with van der Waals surface area (Å²) >= 11 is 1.80. The number of benzene rings is 1. The lowest BCUT2D eigenvalue weighted by molar-refractivity contribution is 0.0602. The van der Waals surface area contributed by atoms with Crippen molar-refractivity contribution in [2.75, 3.05) is 6.54 Å². The van der Waals surface area contributed by atoms with Crippen molar-refractivity contribution in [3.63, 3.8) is 0 Å². The Morgan fingerprint density at radius 3 is 2.81 bits per heavy atom. The van der Waals surface area contributed by atoms with Gasteiger partial charge in [-0.05, 0) is 78.2 Å². The molecule has 2 aromatic heterocycles. The molecule has 1 saturated heterocycles. The minimum absolute atomic E-state index is 0.129. The Balaban J connectivity index is 1.46. The summed E-state index contributed by atoms with van der Waals surface area (Å²) in [6, 6.07) is 12.1. The molecule has 0 bridgehead atoms. The summed E-state index contributed by atoms with van der Waals surface area (Å²) in [6.07, 6.45) is 7.02. The third kappa shape index (κ3) is 3.67. The van der Waals surface area contributed by atoms with Crippen molar-refractivity contribution in [3.05, 3.63) is 58.5 Å². The predicted molar refractivity (Wildman–Crippen MR) is 100 cm³/mol. The molecule has 1 aromatic carbocycles. The molecule has 0 N–H and O–H groups in total. The predicted octanol–water partition coefficient (Wildman–Crippen LogP) is 3.35. The number of likely N-dealkylation sites (tertiary alicyclic amines) is 1. The number of nitrogens with zero attached hydrogens (tertiary/aromatic N) is 5. The van der Waals surface area contributed by atoms with Crippen molar-refractivity contribution in [2.45, 2.75) is 38.1 Å². The molecule has 1 atom stereocenters. The second-order valence-corrected chi connectivity index (χ2v) is 7.60. The van der Waals surface area contributed by atoms with Crippen LogP contribution in [0.1, 0.15) is 40.9 Å². The lowest BCUT2D eigenvalue weighted by Crippen LogP contribution is -2.44. The van der Waals surface area contributed by atoms with Gasteiger partial charge < -0.3 is 4.90 Å². The van der Waals surface area contributed by atoms with Crippen LogP contribution in [0, 0.1) is 0 Å². The zero-order chi connectivity index (χ0) is 17.8. The molecule has 1 aliphatic rings. The monoisotopic (exact) mass is 367 g/mol. The second-order valence-electron chi connectivity index (χ2n) is 6.57. The lowest BCUT2D eigenvalue weighted by Gasteiger charge is -2.36. The highest BCUT2D eigenvalue weighted by Gasteiger charge is 2.27. The Bertz CT molecular complexity index is 829. The van der Waals surface area contributed by atoms with E-state index in [2.05, 4.69) is 37.9 Å². The Labute approximate surface area is 156 Å². The van der Waals surface area contributed by atoms with Crippen molar-refractivity contribution in [3.8, 4) is 5.69 Å². The molecule has 134 valence electrons. The number of aryl methyl sites for hydroxylation is 1. The van der Waals surface area contributed by atoms with Crippen LogP contribution in [0.4, 0.5) is 0 Å². The SMILES string of the molecule is O=C(c1ccc(-n2cnnn2)cc1)N1CCCCC1CCc1cccs1. The number of aromatic nitrogens is 4. The number of piperidine rings is 1. The summed E-state index contributed by atoms with van der Waals surface area (Å²) in [5, 5.41) is 13.3. The Hall–Kier alpha value is -2.54. The molecule has 1 unspecified atom stereocenters. The Morgan fingerprint density at radius 2 is 2.08 bits per heavy atom. The minimum Gasteiger partial charge on any atom is -0.336 e. The maximum absolute atomic E-state index is 13.1. The average molecular weight is 367 g/mol. The van der Waals surface area contributed by atoms with Gasteiger partial charge in [0.05, 0.1) is 5.69 Å². The van der Waals surface area contributed by atoms with Crippen LogP contribution in [0.25, 0.3) is 5.69 Å². The number of tetrazole rings is 1. The van der Waals surface area contributed by atoms with Crippen LogP contribution in [0.15, 0.2) is 48.1 Å². The zero-order valence-corrected chi connectivity index (χ0v) is 15.3. The fraction of sp³-hybridized carbons (Fsp3) is 0.368. The number of thiophene rings is 1. The quantitative estimate of drug-likeness (QED) is 0.694. The van der Waals surface area contributed by atoms with Crippen molar-refractivity contribution in [2.24, 2.45) is 0 Å². The number of hydrogen-bond donors (Lipinski definition) is 0. The van der Waals surface area contributed by atoms with E-state index in [1.54, 1.807) is 22.3 Å². The van der Waals surface area contributed by atoms with Gasteiger partial charge in [0.1, 0.15) is 6.33 Å². The molecule has 0 spiro atoms. The molecule has 4 rings (SSSR count). The molecular formula is C19H21N5OS. The van der Waals surface area contributed by atoms with Gasteiger partial charge in [0.2, 0.25) is 0 Å². The third-order valence-corrected chi connectivity index (χ3v) is 5.86. The first kappa shape index (κ1) is 16.9. The molecule has 0 saturated carbocycles. The van der Waals surface area contributed by atoms with Crippen LogP contribution in [0.3, 0.4) is 0 Å². The van der Waals surface area contributed by atoms with Gasteiger partial charge in [0.25, 0.3) is 5.91 Å². The Morgan fingerprint density at radius 1 is 1.19 bits per heavy atom. The van der Waals surface area contributed by atoms with Crippen LogP contribution in [-0.2, 0) is 6.42 Å². The van der Waals surface area contributed by atoms with Crippen LogP contribution in [0.2, 0.25) is 0 Å². The van der Waals surface area contributed by atoms with Gasteiger partial charge >= 0.3 is 0 Å². The molecule has 6 nitrogen and oxygen atoms in total. The highest BCUT2D eigenvalue weighted by Crippen LogP contribution is 2.24. The van der Waals surface area contributed by atoms with Gasteiger partial charge in [0.15, 0.2) is 0 Å². The zero-order valence-electron chi connectivity index (χ0n) is 14.5. The van der Waals surface area contributed by atoms with Gasteiger partial charge in [-0.1, -0.05) is 6.07 Å². The average Bonchev–Trinajstić information content (AvgIpc) is 3.40. The molecule has 0 radical (unpaired) electrons. The molecule has 1 fully saturated rings. The molecule has 3 aromatic rings. The highest BCUT2D eigenvalue weighted by molar-refractivity contribution is 7.09. The van der Waals surface area contributed by atoms with Gasteiger partial charge in [-0.3, -0.25) is 4.79 Å². The summed E-state index contributed by atoms with van der Waals surface area (Å²) in [5.41, 5.74) is 1.57. The molecule has 7 heteroatoms. The topological polar surface area (TPSA) is 63.9 Å². The molecule has 26 heavy (non-hydrogen) atoms. The van der Waals surface area contributed by atoms with E-state index in [9.17, 15) is 4.79 Å². The largest absolute Gasteiger partial charge is 0.336 e. The van der Waals surface area contributed by atoms with Crippen molar-refractivity contribution >= 4 is 17.2 Å². The second kappa shape index (κ2) is 7.78. The van der Waals surface area contributed by atoms with E-state index in [0.29, 0.717) is 6.04 Å². The standard InChI is InChI=1S/C19H21N5OS/c25-19(15-6-8-17(9-7-15)24-14-20-21-22-24)23-12-2-1-4-16(23)10-11-18-5-3-13-26-18/h3,5-9,13-14,16H,1-2,4,10-12H2. The van der Waals surface area contributed by atoms with E-state index in [4.69, 9.17) is 0 Å². The van der Waals surface area contributed by atoms with Crippen LogP contribution < -0.4 is 0 Å². The van der Waals surface area contributed by atoms with Crippen LogP contribution >= 0.6 is 11.3 Å². The first-order chi connectivity index (χ1) is 12.8. The van der Waals surface area contributed by atoms with E-state index < -0.39 is 0 Å². The van der Waals surface area contributed by atoms with Crippen molar-refractivity contribution in [1.29, 1.82) is 0 Å². The molecule has 1 amide bonds. The summed E-state index contributed by atoms with van der Waals surface area (Å²) in [5.74, 6) is 0.129. The van der Waals surface area contributed by atoms with Gasteiger partial charge in [-0.2, -0.15) is 0 Å². The summed E-state index contributed by atoms with van der Waals surface area (Å²) in [7, 11) is 0. The molecule has 1 aliphatic heterocycles. The van der Waals surface area contributed by atoms with Gasteiger partial charge in [-0.15, -0.1) is 16.4 Å². The van der Waals surface area contributed by atoms with Crippen LogP contribution in [-0.4, -0.2) is 43.6 Å². The number of amides is 1. The summed E-state index contributed by atoms with van der Waals surface area (Å²) in [4.78, 5) is 16.5. The summed E-state index contributed by atoms with van der Waals surface area (Å²) < 4.78 is 1.58. The summed E-state index contributed by atoms with van der Waals surface area (Å²) in [6.45, 7) is 0.850. The number of hydrogen-bond acceptors (Lipinski definition) is 5. The van der Waals surface area contributed by atoms with E-state index in [1.807, 2.05) is 24.3 Å². The third-order valence-electron chi connectivity index (χ3n) is 4.92. The molecule has 0 aliphatic carbocycles. The van der Waals surface area contributed by atoms with Crippen LogP contribution in [0.5, 0.6) is 0 Å². The van der Waals surface area contributed by atoms with E-state index in [-0.39, 0.29) is 5.91 Å². The first-order valence-corrected chi connectivity index (χ1v) is 9.86. The fourth-order valence-electron chi connectivity index (χ4n) is 3.53. The Kier molecular flexibility index (Phi) is 5.06. The fourth-order valence-corrected chi connectivity index (χ4v) is 4.26. The highest BCUT2D eigenvalue weighted by atomic mass is 32.1. The first-order valence-electron chi connectivity index (χ1n) is 8.98. The number of carbonyl (C=O) groups is 1. The minimum atomic E-state index is 0.129. The van der Waals surface area contributed by atoms with E-state index in [0.717, 1.165) is 43.5 Å². The normalized spacial score (nSPS) is 17.4. The smallest absolute Gasteiger partial charge is 0.254 e. The van der Waals surface area contributed by atoms with Crippen molar-refractivity contribution < 1.29 is 4.79 Å². The maximum Gasteiger partial charge on any atom is 0.254 e. The van der Waals surface area contributed by atoms with Crippen molar-refractivity contribution in [1.82, 2.24) is 25.1 Å². The van der Waals surface area contributed by atoms with Gasteiger partial charge in [0, 0.05) is 23.0 Å². The van der Waals surface area contributed by atoms with Gasteiger partial charge in [-0.25, -0.2) is 4.68 Å².